The summed E-state index contributed by atoms with van der Waals surface area (Å²) in [6, 6.07) is 8.51. The summed E-state index contributed by atoms with van der Waals surface area (Å²) < 4.78 is 17.9. The molecule has 1 atom stereocenters. The van der Waals surface area contributed by atoms with Gasteiger partial charge in [-0.15, -0.1) is 0 Å². The van der Waals surface area contributed by atoms with Crippen LogP contribution < -0.4 is 0 Å². The van der Waals surface area contributed by atoms with Crippen LogP contribution in [0.2, 0.25) is 0 Å². The fraction of sp³-hybridized carbons (Fsp3) is 0.571. The van der Waals surface area contributed by atoms with Gasteiger partial charge in [0, 0.05) is 19.8 Å². The Balaban J connectivity index is 2.25. The molecule has 0 amide bonds. The van der Waals surface area contributed by atoms with Gasteiger partial charge in [-0.05, 0) is 38.3 Å². The second-order valence-corrected chi connectivity index (χ2v) is 7.13. The molecule has 0 spiro atoms. The Morgan fingerprint density at radius 3 is 2.06 bits per heavy atom. The Kier molecular flexibility index (Phi) is 4.56. The zero-order valence-electron chi connectivity index (χ0n) is 11.4. The van der Waals surface area contributed by atoms with E-state index in [9.17, 15) is 0 Å². The Hall–Kier alpha value is -0.683. The first-order chi connectivity index (χ1) is 8.77. The SMILES string of the molecule is CCO[Si](OCC)(OCC)C1Cc2ccccc21. The highest BCUT2D eigenvalue weighted by Gasteiger charge is 2.54. The fourth-order valence-corrected chi connectivity index (χ4v) is 5.80. The molecule has 0 fully saturated rings. The molecular formula is C14H22O3Si. The average Bonchev–Trinajstić information content (AvgIpc) is 2.32. The van der Waals surface area contributed by atoms with E-state index in [4.69, 9.17) is 13.3 Å². The predicted octanol–water partition coefficient (Wildman–Crippen LogP) is 2.91. The summed E-state index contributed by atoms with van der Waals surface area (Å²) in [5, 5.41) is 0. The maximum atomic E-state index is 5.97. The van der Waals surface area contributed by atoms with Gasteiger partial charge in [0.15, 0.2) is 0 Å². The molecule has 100 valence electrons. The van der Waals surface area contributed by atoms with E-state index in [1.54, 1.807) is 0 Å². The molecule has 1 aromatic carbocycles. The van der Waals surface area contributed by atoms with E-state index >= 15 is 0 Å². The van der Waals surface area contributed by atoms with Gasteiger partial charge in [0.05, 0.1) is 5.54 Å². The van der Waals surface area contributed by atoms with Crippen LogP contribution >= 0.6 is 0 Å². The quantitative estimate of drug-likeness (QED) is 0.710. The van der Waals surface area contributed by atoms with Crippen molar-refractivity contribution in [1.29, 1.82) is 0 Å². The van der Waals surface area contributed by atoms with Gasteiger partial charge < -0.3 is 13.3 Å². The summed E-state index contributed by atoms with van der Waals surface area (Å²) in [5.74, 6) is 0. The summed E-state index contributed by atoms with van der Waals surface area (Å²) in [5.41, 5.74) is 3.06. The van der Waals surface area contributed by atoms with Gasteiger partial charge in [0.2, 0.25) is 0 Å². The van der Waals surface area contributed by atoms with Crippen LogP contribution in [0.15, 0.2) is 24.3 Å². The van der Waals surface area contributed by atoms with Gasteiger partial charge in [0.1, 0.15) is 0 Å². The lowest BCUT2D eigenvalue weighted by Crippen LogP contribution is -2.55. The van der Waals surface area contributed by atoms with Crippen molar-refractivity contribution in [2.75, 3.05) is 19.8 Å². The molecule has 0 aromatic heterocycles. The first-order valence-corrected chi connectivity index (χ1v) is 8.57. The smallest absolute Gasteiger partial charge is 0.373 e. The van der Waals surface area contributed by atoms with Crippen LogP contribution in [0.5, 0.6) is 0 Å². The Morgan fingerprint density at radius 2 is 1.56 bits per heavy atom. The minimum Gasteiger partial charge on any atom is -0.373 e. The summed E-state index contributed by atoms with van der Waals surface area (Å²) in [6.07, 6.45) is 1.02. The number of hydrogen-bond acceptors (Lipinski definition) is 3. The molecule has 18 heavy (non-hydrogen) atoms. The number of fused-ring (bicyclic) bond motifs is 1. The van der Waals surface area contributed by atoms with E-state index in [0.29, 0.717) is 25.4 Å². The van der Waals surface area contributed by atoms with Crippen LogP contribution in [0.1, 0.15) is 37.4 Å². The highest BCUT2D eigenvalue weighted by Crippen LogP contribution is 2.42. The van der Waals surface area contributed by atoms with Crippen molar-refractivity contribution in [3.63, 3.8) is 0 Å². The van der Waals surface area contributed by atoms with Gasteiger partial charge in [-0.1, -0.05) is 24.3 Å². The van der Waals surface area contributed by atoms with Gasteiger partial charge in [-0.3, -0.25) is 0 Å². The molecule has 1 aliphatic rings. The molecule has 1 aliphatic carbocycles. The van der Waals surface area contributed by atoms with Crippen molar-refractivity contribution in [2.45, 2.75) is 32.7 Å². The van der Waals surface area contributed by atoms with Crippen molar-refractivity contribution >= 4 is 8.80 Å². The third kappa shape index (κ3) is 2.38. The minimum absolute atomic E-state index is 0.313. The predicted molar refractivity (Wildman–Crippen MR) is 73.5 cm³/mol. The molecule has 0 N–H and O–H groups in total. The maximum Gasteiger partial charge on any atom is 0.509 e. The zero-order valence-corrected chi connectivity index (χ0v) is 12.4. The highest BCUT2D eigenvalue weighted by atomic mass is 28.4. The van der Waals surface area contributed by atoms with E-state index in [1.807, 2.05) is 20.8 Å². The molecule has 0 bridgehead atoms. The van der Waals surface area contributed by atoms with Gasteiger partial charge in [0.25, 0.3) is 0 Å². The van der Waals surface area contributed by atoms with Gasteiger partial charge in [-0.2, -0.15) is 0 Å². The Bertz CT molecular complexity index is 377. The van der Waals surface area contributed by atoms with Crippen LogP contribution in [0.3, 0.4) is 0 Å². The van der Waals surface area contributed by atoms with E-state index < -0.39 is 8.80 Å². The Morgan fingerprint density at radius 1 is 1.00 bits per heavy atom. The molecule has 4 heteroatoms. The van der Waals surface area contributed by atoms with Crippen LogP contribution in [0.25, 0.3) is 0 Å². The van der Waals surface area contributed by atoms with Crippen molar-refractivity contribution < 1.29 is 13.3 Å². The second kappa shape index (κ2) is 5.97. The largest absolute Gasteiger partial charge is 0.509 e. The summed E-state index contributed by atoms with van der Waals surface area (Å²) >= 11 is 0. The van der Waals surface area contributed by atoms with E-state index in [-0.39, 0.29) is 0 Å². The molecule has 0 heterocycles. The summed E-state index contributed by atoms with van der Waals surface area (Å²) in [4.78, 5) is 0. The average molecular weight is 266 g/mol. The van der Waals surface area contributed by atoms with Crippen molar-refractivity contribution in [3.05, 3.63) is 35.4 Å². The molecular weight excluding hydrogens is 244 g/mol. The van der Waals surface area contributed by atoms with Crippen molar-refractivity contribution in [2.24, 2.45) is 0 Å². The fourth-order valence-electron chi connectivity index (χ4n) is 2.60. The van der Waals surface area contributed by atoms with Crippen molar-refractivity contribution in [1.82, 2.24) is 0 Å². The zero-order chi connectivity index (χ0) is 13.0. The number of hydrogen-bond donors (Lipinski definition) is 0. The summed E-state index contributed by atoms with van der Waals surface area (Å²) in [6.45, 7) is 7.94. The van der Waals surface area contributed by atoms with Crippen LogP contribution in [0.4, 0.5) is 0 Å². The number of rotatable bonds is 7. The van der Waals surface area contributed by atoms with Gasteiger partial charge in [-0.25, -0.2) is 0 Å². The molecule has 0 saturated heterocycles. The standard InChI is InChI=1S/C14H22O3Si/c1-4-15-18(16-5-2,17-6-3)14-11-12-9-7-8-10-13(12)14/h7-10,14H,4-6,11H2,1-3H3. The lowest BCUT2D eigenvalue weighted by molar-refractivity contribution is 0.0591. The second-order valence-electron chi connectivity index (χ2n) is 4.36. The molecule has 0 radical (unpaired) electrons. The molecule has 2 rings (SSSR count). The molecule has 1 unspecified atom stereocenters. The topological polar surface area (TPSA) is 27.7 Å². The van der Waals surface area contributed by atoms with Crippen LogP contribution in [-0.4, -0.2) is 28.6 Å². The van der Waals surface area contributed by atoms with Crippen LogP contribution in [-0.2, 0) is 19.7 Å². The third-order valence-electron chi connectivity index (χ3n) is 3.32. The lowest BCUT2D eigenvalue weighted by Gasteiger charge is -2.41. The first-order valence-electron chi connectivity index (χ1n) is 6.77. The molecule has 3 nitrogen and oxygen atoms in total. The summed E-state index contributed by atoms with van der Waals surface area (Å²) in [7, 11) is -2.56. The van der Waals surface area contributed by atoms with Gasteiger partial charge >= 0.3 is 8.80 Å². The normalized spacial score (nSPS) is 18.3. The molecule has 1 aromatic rings. The molecule has 0 aliphatic heterocycles. The monoisotopic (exact) mass is 266 g/mol. The Labute approximate surface area is 110 Å². The first kappa shape index (κ1) is 13.7. The lowest BCUT2D eigenvalue weighted by atomic mass is 9.88. The maximum absolute atomic E-state index is 5.97. The third-order valence-corrected chi connectivity index (χ3v) is 6.76. The number of benzene rings is 1. The molecule has 0 saturated carbocycles. The van der Waals surface area contributed by atoms with E-state index in [1.165, 1.54) is 11.1 Å². The highest BCUT2D eigenvalue weighted by molar-refractivity contribution is 6.63. The minimum atomic E-state index is -2.56. The van der Waals surface area contributed by atoms with E-state index in [2.05, 4.69) is 24.3 Å². The van der Waals surface area contributed by atoms with Crippen LogP contribution in [0, 0.1) is 0 Å². The van der Waals surface area contributed by atoms with Crippen molar-refractivity contribution in [3.8, 4) is 0 Å². The van der Waals surface area contributed by atoms with E-state index in [0.717, 1.165) is 6.42 Å².